The number of rotatable bonds is 4. The van der Waals surface area contributed by atoms with Crippen LogP contribution in [0.3, 0.4) is 0 Å². The van der Waals surface area contributed by atoms with E-state index in [-0.39, 0.29) is 5.04 Å². The molecule has 0 aromatic carbocycles. The van der Waals surface area contributed by atoms with Gasteiger partial charge in [0.15, 0.2) is 0 Å². The molecule has 0 saturated carbocycles. The van der Waals surface area contributed by atoms with Crippen molar-refractivity contribution in [2.45, 2.75) is 90.1 Å². The number of carboxylic acid groups (broad SMARTS) is 1. The Balaban J connectivity index is 3.04. The van der Waals surface area contributed by atoms with Gasteiger partial charge >= 0.3 is 12.1 Å². The molecule has 1 amide bonds. The van der Waals surface area contributed by atoms with Gasteiger partial charge < -0.3 is 9.84 Å². The van der Waals surface area contributed by atoms with E-state index in [1.165, 1.54) is 4.90 Å². The lowest BCUT2D eigenvalue weighted by Crippen LogP contribution is -2.54. The average molecular weight is 370 g/mol. The molecule has 1 aliphatic rings. The van der Waals surface area contributed by atoms with E-state index in [1.54, 1.807) is 20.8 Å². The highest BCUT2D eigenvalue weighted by atomic mass is 28.3. The molecule has 0 radical (unpaired) electrons. The number of ether oxygens (including phenoxy) is 1. The summed E-state index contributed by atoms with van der Waals surface area (Å²) in [6, 6.07) is 0. The van der Waals surface area contributed by atoms with Crippen molar-refractivity contribution >= 4 is 20.1 Å². The summed E-state index contributed by atoms with van der Waals surface area (Å²) in [6.07, 6.45) is 2.92. The number of amides is 1. The van der Waals surface area contributed by atoms with Crippen molar-refractivity contribution in [3.63, 3.8) is 0 Å². The molecule has 0 aromatic rings. The van der Waals surface area contributed by atoms with E-state index in [0.717, 1.165) is 0 Å². The molecule has 25 heavy (non-hydrogen) atoms. The fraction of sp³-hybridized carbons (Fsp3) is 0.789. The van der Waals surface area contributed by atoms with Gasteiger partial charge in [-0.05, 0) is 45.1 Å². The quantitative estimate of drug-likeness (QED) is 0.720. The van der Waals surface area contributed by atoms with Gasteiger partial charge in [0.05, 0.1) is 8.07 Å². The van der Waals surface area contributed by atoms with Gasteiger partial charge in [0.1, 0.15) is 11.1 Å². The maximum atomic E-state index is 12.5. The van der Waals surface area contributed by atoms with Gasteiger partial charge in [-0.25, -0.2) is 9.59 Å². The van der Waals surface area contributed by atoms with E-state index in [9.17, 15) is 14.7 Å². The molecule has 1 saturated heterocycles. The first-order valence-electron chi connectivity index (χ1n) is 9.04. The molecule has 0 bridgehead atoms. The summed E-state index contributed by atoms with van der Waals surface area (Å²) in [5, 5.41) is 10.1. The minimum atomic E-state index is -1.64. The molecule has 144 valence electrons. The topological polar surface area (TPSA) is 66.8 Å². The van der Waals surface area contributed by atoms with Crippen LogP contribution in [-0.2, 0) is 9.53 Å². The lowest BCUT2D eigenvalue weighted by molar-refractivity contribution is -0.149. The van der Waals surface area contributed by atoms with E-state index in [2.05, 4.69) is 39.6 Å². The van der Waals surface area contributed by atoms with Crippen molar-refractivity contribution in [1.29, 1.82) is 0 Å². The van der Waals surface area contributed by atoms with Gasteiger partial charge in [-0.2, -0.15) is 0 Å². The third-order valence-corrected chi connectivity index (χ3v) is 10.4. The van der Waals surface area contributed by atoms with Crippen molar-refractivity contribution in [2.24, 2.45) is 0 Å². The van der Waals surface area contributed by atoms with Crippen molar-refractivity contribution in [3.8, 4) is 0 Å². The van der Waals surface area contributed by atoms with Crippen LogP contribution in [0.5, 0.6) is 0 Å². The molecule has 0 aliphatic carbocycles. The molecule has 0 spiro atoms. The normalized spacial score (nSPS) is 22.5. The molecule has 5 nitrogen and oxygen atoms in total. The zero-order valence-electron chi connectivity index (χ0n) is 17.1. The lowest BCUT2D eigenvalue weighted by Gasteiger charge is -2.36. The summed E-state index contributed by atoms with van der Waals surface area (Å²) in [5.41, 5.74) is 0.380. The van der Waals surface area contributed by atoms with E-state index >= 15 is 0 Å². The SMILES string of the molecule is CC(C)(C)OC(=O)N1CCC[C@]1(C/C=C\[Si](C)(C)C(C)(C)C)C(=O)O. The van der Waals surface area contributed by atoms with Crippen LogP contribution in [0.2, 0.25) is 18.1 Å². The molecule has 1 heterocycles. The fourth-order valence-electron chi connectivity index (χ4n) is 2.78. The minimum absolute atomic E-state index is 0.195. The van der Waals surface area contributed by atoms with E-state index < -0.39 is 31.3 Å². The Labute approximate surface area is 153 Å². The molecule has 1 aliphatic heterocycles. The first kappa shape index (κ1) is 21.7. The highest BCUT2D eigenvalue weighted by molar-refractivity contribution is 6.84. The van der Waals surface area contributed by atoms with Gasteiger partial charge in [0.2, 0.25) is 0 Å². The zero-order valence-corrected chi connectivity index (χ0v) is 18.1. The molecular formula is C19H35NO4Si. The molecule has 0 aromatic heterocycles. The first-order chi connectivity index (χ1) is 11.1. The van der Waals surface area contributed by atoms with E-state index in [1.807, 2.05) is 6.08 Å². The number of aliphatic carboxylic acids is 1. The number of hydrogen-bond acceptors (Lipinski definition) is 3. The molecule has 6 heteroatoms. The predicted molar refractivity (Wildman–Crippen MR) is 103 cm³/mol. The number of hydrogen-bond donors (Lipinski definition) is 1. The van der Waals surface area contributed by atoms with Gasteiger partial charge in [0, 0.05) is 6.54 Å². The Morgan fingerprint density at radius 3 is 2.20 bits per heavy atom. The Bertz CT molecular complexity index is 543. The maximum Gasteiger partial charge on any atom is 0.411 e. The molecule has 1 atom stereocenters. The molecule has 1 rings (SSSR count). The Hall–Kier alpha value is -1.30. The monoisotopic (exact) mass is 369 g/mol. The molecular weight excluding hydrogens is 334 g/mol. The van der Waals surface area contributed by atoms with Crippen molar-refractivity contribution in [2.75, 3.05) is 6.54 Å². The first-order valence-corrected chi connectivity index (χ1v) is 12.1. The van der Waals surface area contributed by atoms with Crippen LogP contribution in [0, 0.1) is 0 Å². The summed E-state index contributed by atoms with van der Waals surface area (Å²) in [5.74, 6) is -0.948. The van der Waals surface area contributed by atoms with Crippen LogP contribution >= 0.6 is 0 Å². The lowest BCUT2D eigenvalue weighted by atomic mass is 9.92. The Morgan fingerprint density at radius 2 is 1.76 bits per heavy atom. The zero-order chi connectivity index (χ0) is 19.7. The van der Waals surface area contributed by atoms with Crippen LogP contribution in [0.1, 0.15) is 60.8 Å². The molecule has 1 fully saturated rings. The number of likely N-dealkylation sites (tertiary alicyclic amines) is 1. The second-order valence-corrected chi connectivity index (χ2v) is 14.9. The number of carbonyl (C=O) groups excluding carboxylic acids is 1. The summed E-state index contributed by atoms with van der Waals surface area (Å²) in [4.78, 5) is 26.0. The number of carbonyl (C=O) groups is 2. The van der Waals surface area contributed by atoms with E-state index in [0.29, 0.717) is 25.8 Å². The second-order valence-electron chi connectivity index (χ2n) is 9.65. The number of nitrogens with zero attached hydrogens (tertiary/aromatic N) is 1. The third-order valence-electron chi connectivity index (χ3n) is 5.42. The van der Waals surface area contributed by atoms with Crippen molar-refractivity contribution in [3.05, 3.63) is 11.8 Å². The molecule has 0 unspecified atom stereocenters. The van der Waals surface area contributed by atoms with Crippen LogP contribution < -0.4 is 0 Å². The summed E-state index contributed by atoms with van der Waals surface area (Å²) in [7, 11) is -1.64. The predicted octanol–water partition coefficient (Wildman–Crippen LogP) is 4.83. The minimum Gasteiger partial charge on any atom is -0.479 e. The summed E-state index contributed by atoms with van der Waals surface area (Å²) < 4.78 is 5.44. The van der Waals surface area contributed by atoms with Crippen LogP contribution in [0.4, 0.5) is 4.79 Å². The van der Waals surface area contributed by atoms with Crippen LogP contribution in [0.15, 0.2) is 11.8 Å². The summed E-state index contributed by atoms with van der Waals surface area (Å²) in [6.45, 7) is 17.0. The Kier molecular flexibility index (Phi) is 6.20. The van der Waals surface area contributed by atoms with Gasteiger partial charge in [-0.3, -0.25) is 4.90 Å². The smallest absolute Gasteiger partial charge is 0.411 e. The Morgan fingerprint density at radius 1 is 1.20 bits per heavy atom. The maximum absolute atomic E-state index is 12.5. The van der Waals surface area contributed by atoms with Crippen LogP contribution in [0.25, 0.3) is 0 Å². The second kappa shape index (κ2) is 7.14. The molecule has 1 N–H and O–H groups in total. The summed E-state index contributed by atoms with van der Waals surface area (Å²) >= 11 is 0. The third kappa shape index (κ3) is 5.09. The number of carboxylic acids is 1. The van der Waals surface area contributed by atoms with Gasteiger partial charge in [-0.15, -0.1) is 0 Å². The highest BCUT2D eigenvalue weighted by Crippen LogP contribution is 2.38. The van der Waals surface area contributed by atoms with Crippen LogP contribution in [-0.4, -0.2) is 47.8 Å². The average Bonchev–Trinajstić information content (AvgIpc) is 2.80. The van der Waals surface area contributed by atoms with Crippen molar-refractivity contribution in [1.82, 2.24) is 4.90 Å². The standard InChI is InChI=1S/C19H35NO4Si/c1-17(2,3)24-16(23)20-13-9-11-19(20,15(21)22)12-10-14-25(7,8)18(4,5)6/h10,14H,9,11-13H2,1-8H3,(H,21,22)/b14-10-/t19-/m0/s1. The van der Waals surface area contributed by atoms with E-state index in [4.69, 9.17) is 4.74 Å². The van der Waals surface area contributed by atoms with Gasteiger partial charge in [-0.1, -0.05) is 45.6 Å². The van der Waals surface area contributed by atoms with Crippen molar-refractivity contribution < 1.29 is 19.4 Å². The largest absolute Gasteiger partial charge is 0.479 e. The fourth-order valence-corrected chi connectivity index (χ4v) is 3.99. The highest BCUT2D eigenvalue weighted by Gasteiger charge is 2.50. The van der Waals surface area contributed by atoms with Gasteiger partial charge in [0.25, 0.3) is 0 Å².